The van der Waals surface area contributed by atoms with Crippen LogP contribution >= 0.6 is 0 Å². The van der Waals surface area contributed by atoms with Crippen LogP contribution in [0.5, 0.6) is 0 Å². The summed E-state index contributed by atoms with van der Waals surface area (Å²) >= 11 is 0. The molecule has 96 valence electrons. The Balaban J connectivity index is 3.71. The Labute approximate surface area is 92.4 Å². The minimum Gasteiger partial charge on any atom is -0.393 e. The zero-order valence-electron chi connectivity index (χ0n) is 9.34. The highest BCUT2D eigenvalue weighted by molar-refractivity contribution is 5.73. The van der Waals surface area contributed by atoms with E-state index in [-0.39, 0.29) is 0 Å². The van der Waals surface area contributed by atoms with Crippen LogP contribution < -0.4 is 5.32 Å². The smallest absolute Gasteiger partial charge is 0.390 e. The maximum atomic E-state index is 11.8. The van der Waals surface area contributed by atoms with Gasteiger partial charge in [0.2, 0.25) is 0 Å². The molecule has 2 N–H and O–H groups in total. The Hall–Kier alpha value is -0.980. The van der Waals surface area contributed by atoms with E-state index in [2.05, 4.69) is 5.32 Å². The molecule has 1 atom stereocenters. The van der Waals surface area contributed by atoms with Crippen molar-refractivity contribution in [1.29, 1.82) is 0 Å². The van der Waals surface area contributed by atoms with Crippen LogP contribution in [0.2, 0.25) is 0 Å². The summed E-state index contributed by atoms with van der Waals surface area (Å²) in [5.41, 5.74) is 0. The average molecular weight is 242 g/mol. The van der Waals surface area contributed by atoms with E-state index in [0.717, 1.165) is 0 Å². The van der Waals surface area contributed by atoms with Crippen molar-refractivity contribution < 1.29 is 23.1 Å². The van der Waals surface area contributed by atoms with Crippen LogP contribution in [-0.2, 0) is 0 Å². The van der Waals surface area contributed by atoms with Gasteiger partial charge >= 0.3 is 12.2 Å². The lowest BCUT2D eigenvalue weighted by Gasteiger charge is -2.18. The second kappa shape index (κ2) is 6.57. The molecule has 0 aliphatic carbocycles. The van der Waals surface area contributed by atoms with Gasteiger partial charge in [-0.2, -0.15) is 13.2 Å². The summed E-state index contributed by atoms with van der Waals surface area (Å²) in [7, 11) is 1.46. The van der Waals surface area contributed by atoms with Gasteiger partial charge in [-0.15, -0.1) is 0 Å². The van der Waals surface area contributed by atoms with E-state index in [0.29, 0.717) is 13.0 Å². The van der Waals surface area contributed by atoms with Crippen molar-refractivity contribution >= 4 is 6.03 Å². The van der Waals surface area contributed by atoms with Crippen molar-refractivity contribution in [3.63, 3.8) is 0 Å². The van der Waals surface area contributed by atoms with Crippen molar-refractivity contribution in [2.45, 2.75) is 32.0 Å². The van der Waals surface area contributed by atoms with Crippen LogP contribution in [-0.4, -0.2) is 48.5 Å². The van der Waals surface area contributed by atoms with Crippen molar-refractivity contribution in [1.82, 2.24) is 10.2 Å². The van der Waals surface area contributed by atoms with Gasteiger partial charge in [-0.1, -0.05) is 0 Å². The maximum absolute atomic E-state index is 11.8. The molecule has 0 saturated carbocycles. The zero-order valence-corrected chi connectivity index (χ0v) is 9.34. The molecule has 0 aromatic heterocycles. The van der Waals surface area contributed by atoms with Crippen molar-refractivity contribution in [2.24, 2.45) is 0 Å². The number of alkyl halides is 3. The fourth-order valence-electron chi connectivity index (χ4n) is 0.928. The van der Waals surface area contributed by atoms with Crippen LogP contribution in [0.15, 0.2) is 0 Å². The Morgan fingerprint density at radius 1 is 1.50 bits per heavy atom. The fourth-order valence-corrected chi connectivity index (χ4v) is 0.928. The van der Waals surface area contributed by atoms with Gasteiger partial charge in [-0.3, -0.25) is 0 Å². The summed E-state index contributed by atoms with van der Waals surface area (Å²) < 4.78 is 35.3. The molecule has 0 rings (SSSR count). The number of aliphatic hydroxyl groups excluding tert-OH is 1. The van der Waals surface area contributed by atoms with E-state index >= 15 is 0 Å². The number of hydrogen-bond acceptors (Lipinski definition) is 2. The molecule has 0 bridgehead atoms. The minimum atomic E-state index is -4.26. The van der Waals surface area contributed by atoms with Crippen LogP contribution in [0.1, 0.15) is 19.8 Å². The van der Waals surface area contributed by atoms with Gasteiger partial charge in [-0.05, 0) is 13.3 Å². The molecule has 0 aromatic carbocycles. The first-order chi connectivity index (χ1) is 7.22. The normalized spacial score (nSPS) is 13.4. The first-order valence-electron chi connectivity index (χ1n) is 4.96. The maximum Gasteiger partial charge on any atom is 0.390 e. The zero-order chi connectivity index (χ0) is 12.8. The number of urea groups is 1. The minimum absolute atomic E-state index is 0.301. The topological polar surface area (TPSA) is 52.6 Å². The van der Waals surface area contributed by atoms with Crippen LogP contribution in [0.25, 0.3) is 0 Å². The lowest BCUT2D eigenvalue weighted by atomic mass is 10.3. The number of amides is 2. The first-order valence-corrected chi connectivity index (χ1v) is 4.96. The van der Waals surface area contributed by atoms with Gasteiger partial charge in [0.05, 0.1) is 12.5 Å². The monoisotopic (exact) mass is 242 g/mol. The predicted octanol–water partition coefficient (Wildman–Crippen LogP) is 1.35. The second-order valence-electron chi connectivity index (χ2n) is 3.66. The second-order valence-corrected chi connectivity index (χ2v) is 3.66. The largest absolute Gasteiger partial charge is 0.393 e. The van der Waals surface area contributed by atoms with Gasteiger partial charge in [-0.25, -0.2) is 4.79 Å². The summed E-state index contributed by atoms with van der Waals surface area (Å²) in [4.78, 5) is 12.4. The molecule has 0 aromatic rings. The molecule has 0 saturated heterocycles. The van der Waals surface area contributed by atoms with Crippen LogP contribution in [0, 0.1) is 0 Å². The number of halogens is 3. The van der Waals surface area contributed by atoms with Crippen molar-refractivity contribution in [2.75, 3.05) is 20.1 Å². The average Bonchev–Trinajstić information content (AvgIpc) is 2.11. The van der Waals surface area contributed by atoms with E-state index in [1.807, 2.05) is 0 Å². The number of hydrogen-bond donors (Lipinski definition) is 2. The van der Waals surface area contributed by atoms with E-state index in [1.54, 1.807) is 6.92 Å². The molecular weight excluding hydrogens is 225 g/mol. The molecule has 0 spiro atoms. The number of nitrogens with one attached hydrogen (secondary N) is 1. The fraction of sp³-hybridized carbons (Fsp3) is 0.889. The quantitative estimate of drug-likeness (QED) is 0.764. The molecule has 0 fully saturated rings. The highest BCUT2D eigenvalue weighted by Crippen LogP contribution is 2.18. The first kappa shape index (κ1) is 15.0. The van der Waals surface area contributed by atoms with Gasteiger partial charge < -0.3 is 15.3 Å². The Morgan fingerprint density at radius 3 is 2.50 bits per heavy atom. The third kappa shape index (κ3) is 8.34. The molecule has 1 unspecified atom stereocenters. The van der Waals surface area contributed by atoms with Crippen LogP contribution in [0.3, 0.4) is 0 Å². The standard InChI is InChI=1S/C9H17F3N2O2/c1-7(15)3-6-14(2)8(16)13-5-4-9(10,11)12/h7,15H,3-6H2,1-2H3,(H,13,16). The SMILES string of the molecule is CC(O)CCN(C)C(=O)NCCC(F)(F)F. The summed E-state index contributed by atoms with van der Waals surface area (Å²) in [6, 6.07) is -0.565. The lowest BCUT2D eigenvalue weighted by Crippen LogP contribution is -2.39. The third-order valence-corrected chi connectivity index (χ3v) is 1.91. The number of carbonyl (C=O) groups is 1. The number of carbonyl (C=O) groups excluding carboxylic acids is 1. The molecule has 0 aliphatic heterocycles. The lowest BCUT2D eigenvalue weighted by molar-refractivity contribution is -0.133. The summed E-state index contributed by atoms with van der Waals surface area (Å²) in [6.07, 6.45) is -5.44. The molecule has 0 aliphatic rings. The highest BCUT2D eigenvalue weighted by atomic mass is 19.4. The highest BCUT2D eigenvalue weighted by Gasteiger charge is 2.26. The van der Waals surface area contributed by atoms with Crippen molar-refractivity contribution in [3.05, 3.63) is 0 Å². The van der Waals surface area contributed by atoms with Gasteiger partial charge in [0.25, 0.3) is 0 Å². The Kier molecular flexibility index (Phi) is 6.17. The molecule has 2 amide bonds. The van der Waals surface area contributed by atoms with Gasteiger partial charge in [0, 0.05) is 20.1 Å². The molecule has 0 radical (unpaired) electrons. The summed E-state index contributed by atoms with van der Waals surface area (Å²) in [5.74, 6) is 0. The van der Waals surface area contributed by atoms with Crippen LogP contribution in [0.4, 0.5) is 18.0 Å². The van der Waals surface area contributed by atoms with Crippen molar-refractivity contribution in [3.8, 4) is 0 Å². The Bertz CT molecular complexity index is 219. The summed E-state index contributed by atoms with van der Waals surface area (Å²) in [6.45, 7) is 1.45. The number of nitrogens with zero attached hydrogens (tertiary/aromatic N) is 1. The molecular formula is C9H17F3N2O2. The van der Waals surface area contributed by atoms with Gasteiger partial charge in [0.15, 0.2) is 0 Å². The third-order valence-electron chi connectivity index (χ3n) is 1.91. The number of aliphatic hydroxyl groups is 1. The van der Waals surface area contributed by atoms with E-state index in [4.69, 9.17) is 5.11 Å². The molecule has 0 heterocycles. The molecule has 4 nitrogen and oxygen atoms in total. The van der Waals surface area contributed by atoms with E-state index in [9.17, 15) is 18.0 Å². The molecule has 16 heavy (non-hydrogen) atoms. The predicted molar refractivity (Wildman–Crippen MR) is 53.0 cm³/mol. The molecule has 7 heteroatoms. The number of rotatable bonds is 5. The van der Waals surface area contributed by atoms with E-state index < -0.39 is 31.3 Å². The Morgan fingerprint density at radius 2 is 2.06 bits per heavy atom. The summed E-state index contributed by atoms with van der Waals surface area (Å²) in [5, 5.41) is 11.1. The van der Waals surface area contributed by atoms with Gasteiger partial charge in [0.1, 0.15) is 0 Å². The van der Waals surface area contributed by atoms with E-state index in [1.165, 1.54) is 11.9 Å².